The molecule has 0 aliphatic carbocycles. The van der Waals surface area contributed by atoms with Crippen molar-refractivity contribution in [1.29, 1.82) is 0 Å². The maximum atomic E-state index is 6.48. The molecule has 7 nitrogen and oxygen atoms in total. The summed E-state index contributed by atoms with van der Waals surface area (Å²) in [6.45, 7) is 8.64. The van der Waals surface area contributed by atoms with Gasteiger partial charge in [0.25, 0.3) is 0 Å². The molecule has 0 amide bonds. The normalized spacial score (nSPS) is 12.6. The molecular formula is C44H33N6OPt-3. The van der Waals surface area contributed by atoms with Gasteiger partial charge in [-0.25, -0.2) is 15.0 Å². The van der Waals surface area contributed by atoms with Crippen LogP contribution in [0, 0.1) is 18.8 Å². The summed E-state index contributed by atoms with van der Waals surface area (Å²) in [5.74, 6) is 3.56. The second kappa shape index (κ2) is 13.4. The minimum absolute atomic E-state index is 0. The SMILES string of the molecule is CC(C)(C)c1ccnc(-n2c3[c-]c(Oc4[c-]c(N5[CH-]N(c6ccc(-c7ccccc7)cn6)c6ncccc65)ccc4)ccc3c3ccccc32)c1.[Pt]. The van der Waals surface area contributed by atoms with E-state index in [1.807, 2.05) is 84.6 Å². The Labute approximate surface area is 317 Å². The summed E-state index contributed by atoms with van der Waals surface area (Å²) in [5, 5.41) is 2.22. The van der Waals surface area contributed by atoms with Gasteiger partial charge in [0, 0.05) is 62.2 Å². The van der Waals surface area contributed by atoms with E-state index >= 15 is 0 Å². The molecule has 0 radical (unpaired) electrons. The van der Waals surface area contributed by atoms with E-state index in [0.717, 1.165) is 61.8 Å². The number of nitrogens with zero attached hydrogens (tertiary/aromatic N) is 6. The van der Waals surface area contributed by atoms with E-state index in [4.69, 9.17) is 19.7 Å². The van der Waals surface area contributed by atoms with Gasteiger partial charge < -0.3 is 19.1 Å². The summed E-state index contributed by atoms with van der Waals surface area (Å²) in [5.41, 5.74) is 7.07. The van der Waals surface area contributed by atoms with E-state index < -0.39 is 0 Å². The van der Waals surface area contributed by atoms with Crippen LogP contribution in [0.25, 0.3) is 38.8 Å². The Kier molecular flexibility index (Phi) is 8.60. The van der Waals surface area contributed by atoms with Crippen LogP contribution < -0.4 is 14.5 Å². The molecule has 9 rings (SSSR count). The van der Waals surface area contributed by atoms with Gasteiger partial charge in [0.15, 0.2) is 0 Å². The van der Waals surface area contributed by atoms with Gasteiger partial charge in [0.05, 0.1) is 5.69 Å². The first-order chi connectivity index (χ1) is 24.9. The summed E-state index contributed by atoms with van der Waals surface area (Å²) >= 11 is 0. The Morgan fingerprint density at radius 1 is 0.635 bits per heavy atom. The van der Waals surface area contributed by atoms with Crippen LogP contribution in [0.15, 0.2) is 140 Å². The van der Waals surface area contributed by atoms with Gasteiger partial charge in [0.1, 0.15) is 17.5 Å². The number of hydrogen-bond acceptors (Lipinski definition) is 6. The van der Waals surface area contributed by atoms with Crippen molar-refractivity contribution in [3.05, 3.63) is 164 Å². The van der Waals surface area contributed by atoms with E-state index in [2.05, 4.69) is 103 Å². The predicted molar refractivity (Wildman–Crippen MR) is 204 cm³/mol. The molecule has 0 fully saturated rings. The molecule has 5 heterocycles. The molecular weight excluding hydrogens is 824 g/mol. The third-order valence-corrected chi connectivity index (χ3v) is 9.22. The van der Waals surface area contributed by atoms with E-state index in [9.17, 15) is 0 Å². The second-order valence-corrected chi connectivity index (χ2v) is 13.6. The summed E-state index contributed by atoms with van der Waals surface area (Å²) in [4.78, 5) is 18.4. The molecule has 4 aromatic carbocycles. The van der Waals surface area contributed by atoms with Crippen molar-refractivity contribution >= 4 is 44.8 Å². The van der Waals surface area contributed by atoms with Crippen molar-refractivity contribution in [3.8, 4) is 28.4 Å². The first-order valence-corrected chi connectivity index (χ1v) is 16.9. The van der Waals surface area contributed by atoms with Crippen LogP contribution in [-0.2, 0) is 26.5 Å². The predicted octanol–water partition coefficient (Wildman–Crippen LogP) is 10.7. The minimum atomic E-state index is -0.0147. The first kappa shape index (κ1) is 33.4. The van der Waals surface area contributed by atoms with Gasteiger partial charge in [0.2, 0.25) is 0 Å². The average molecular weight is 857 g/mol. The molecule has 0 atom stereocenters. The van der Waals surface area contributed by atoms with E-state index in [1.54, 1.807) is 6.20 Å². The molecule has 1 aliphatic rings. The zero-order valence-corrected chi connectivity index (χ0v) is 31.0. The average Bonchev–Trinajstić information content (AvgIpc) is 3.71. The smallest absolute Gasteiger partial charge is 0.135 e. The van der Waals surface area contributed by atoms with Crippen molar-refractivity contribution < 1.29 is 25.8 Å². The molecule has 0 N–H and O–H groups in total. The Morgan fingerprint density at radius 2 is 1.46 bits per heavy atom. The number of fused-ring (bicyclic) bond motifs is 4. The van der Waals surface area contributed by atoms with Gasteiger partial charge in [-0.1, -0.05) is 74.8 Å². The van der Waals surface area contributed by atoms with Crippen LogP contribution in [0.2, 0.25) is 0 Å². The molecule has 1 aliphatic heterocycles. The van der Waals surface area contributed by atoms with Crippen molar-refractivity contribution in [2.24, 2.45) is 0 Å². The molecule has 0 bridgehead atoms. The Bertz CT molecular complexity index is 2540. The number of hydrogen-bond donors (Lipinski definition) is 0. The Morgan fingerprint density at radius 3 is 2.29 bits per heavy atom. The summed E-state index contributed by atoms with van der Waals surface area (Å²) in [7, 11) is 0. The quantitative estimate of drug-likeness (QED) is 0.155. The Hall–Kier alpha value is -5.78. The van der Waals surface area contributed by atoms with Gasteiger partial charge in [-0.3, -0.25) is 0 Å². The summed E-state index contributed by atoms with van der Waals surface area (Å²) in [6.07, 6.45) is 5.58. The largest absolute Gasteiger partial charge is 0.509 e. The Balaban J connectivity index is 0.00000387. The number of rotatable bonds is 6. The topological polar surface area (TPSA) is 59.3 Å². The minimum Gasteiger partial charge on any atom is -0.509 e. The molecule has 52 heavy (non-hydrogen) atoms. The number of pyridine rings is 3. The summed E-state index contributed by atoms with van der Waals surface area (Å²) in [6, 6.07) is 48.0. The van der Waals surface area contributed by atoms with E-state index in [-0.39, 0.29) is 26.5 Å². The van der Waals surface area contributed by atoms with Crippen LogP contribution in [0.5, 0.6) is 11.5 Å². The zero-order chi connectivity index (χ0) is 34.5. The molecule has 8 heteroatoms. The number of ether oxygens (including phenoxy) is 1. The molecule has 0 saturated heterocycles. The maximum Gasteiger partial charge on any atom is 0.135 e. The maximum absolute atomic E-state index is 6.48. The third kappa shape index (κ3) is 6.01. The van der Waals surface area contributed by atoms with Crippen LogP contribution in [0.4, 0.5) is 23.0 Å². The number of anilines is 4. The van der Waals surface area contributed by atoms with Crippen molar-refractivity contribution in [2.75, 3.05) is 9.80 Å². The van der Waals surface area contributed by atoms with Crippen molar-refractivity contribution in [1.82, 2.24) is 19.5 Å². The molecule has 0 spiro atoms. The molecule has 8 aromatic rings. The van der Waals surface area contributed by atoms with Crippen LogP contribution >= 0.6 is 0 Å². The van der Waals surface area contributed by atoms with E-state index in [0.29, 0.717) is 11.5 Å². The summed E-state index contributed by atoms with van der Waals surface area (Å²) < 4.78 is 8.65. The fourth-order valence-electron chi connectivity index (χ4n) is 6.62. The number of para-hydroxylation sites is 1. The standard InChI is InChI=1S/C44H33N6O.Pt/c1-44(2,3)32-22-24-45-42(25-32)50-38-16-8-7-15-36(38)37-20-19-35(27-40(37)50)51-34-14-9-13-33(26-34)48-29-49(43-39(48)17-10-23-46-43)41-21-18-31(28-47-41)30-11-5-4-6-12-30;/h4-25,28-29H,1-3H3;/q-3;. The first-order valence-electron chi connectivity index (χ1n) is 16.9. The number of benzene rings is 4. The fraction of sp³-hybridized carbons (Fsp3) is 0.0909. The van der Waals surface area contributed by atoms with Gasteiger partial charge in [-0.2, -0.15) is 12.1 Å². The van der Waals surface area contributed by atoms with Gasteiger partial charge >= 0.3 is 0 Å². The number of aromatic nitrogens is 4. The van der Waals surface area contributed by atoms with Crippen molar-refractivity contribution in [2.45, 2.75) is 26.2 Å². The van der Waals surface area contributed by atoms with Crippen LogP contribution in [-0.4, -0.2) is 19.5 Å². The molecule has 0 saturated carbocycles. The zero-order valence-electron chi connectivity index (χ0n) is 28.8. The van der Waals surface area contributed by atoms with Crippen LogP contribution in [0.3, 0.4) is 0 Å². The van der Waals surface area contributed by atoms with E-state index in [1.165, 1.54) is 5.56 Å². The molecule has 4 aromatic heterocycles. The fourth-order valence-corrected chi connectivity index (χ4v) is 6.62. The van der Waals surface area contributed by atoms with Crippen molar-refractivity contribution in [3.63, 3.8) is 0 Å². The third-order valence-electron chi connectivity index (χ3n) is 9.22. The molecule has 0 unspecified atom stereocenters. The van der Waals surface area contributed by atoms with Gasteiger partial charge in [-0.15, -0.1) is 48.1 Å². The molecule has 258 valence electrons. The second-order valence-electron chi connectivity index (χ2n) is 13.6. The van der Waals surface area contributed by atoms with Crippen LogP contribution in [0.1, 0.15) is 26.3 Å². The van der Waals surface area contributed by atoms with Gasteiger partial charge in [-0.05, 0) is 64.4 Å². The monoisotopic (exact) mass is 856 g/mol.